The molecule has 1 saturated carbocycles. The van der Waals surface area contributed by atoms with E-state index in [1.165, 1.54) is 25.1 Å². The van der Waals surface area contributed by atoms with Gasteiger partial charge in [-0.3, -0.25) is 4.90 Å². The van der Waals surface area contributed by atoms with Crippen LogP contribution in [0.5, 0.6) is 0 Å². The second-order valence-corrected chi connectivity index (χ2v) is 6.50. The van der Waals surface area contributed by atoms with Crippen LogP contribution in [0.25, 0.3) is 0 Å². The Morgan fingerprint density at radius 3 is 2.90 bits per heavy atom. The van der Waals surface area contributed by atoms with Crippen LogP contribution in [0.1, 0.15) is 18.5 Å². The summed E-state index contributed by atoms with van der Waals surface area (Å²) in [7, 11) is 4.36. The molecule has 2 heterocycles. The van der Waals surface area contributed by atoms with Crippen molar-refractivity contribution in [2.75, 3.05) is 39.8 Å². The summed E-state index contributed by atoms with van der Waals surface area (Å²) in [5.74, 6) is 0.961. The predicted octanol–water partition coefficient (Wildman–Crippen LogP) is 1.57. The van der Waals surface area contributed by atoms with Gasteiger partial charge in [-0.2, -0.15) is 0 Å². The minimum absolute atomic E-state index is 0.368. The highest BCUT2D eigenvalue weighted by Crippen LogP contribution is 2.29. The SMILES string of the molecule is CN(CC1CC1)CC1CN(Cc2cccn2C)CCO1. The Kier molecular flexibility index (Phi) is 4.44. The fourth-order valence-corrected chi connectivity index (χ4v) is 3.09. The van der Waals surface area contributed by atoms with Crippen molar-refractivity contribution in [2.45, 2.75) is 25.5 Å². The van der Waals surface area contributed by atoms with E-state index >= 15 is 0 Å². The quantitative estimate of drug-likeness (QED) is 0.787. The van der Waals surface area contributed by atoms with E-state index in [1.807, 2.05) is 0 Å². The molecule has 1 aliphatic heterocycles. The Bertz CT molecular complexity index is 427. The smallest absolute Gasteiger partial charge is 0.0829 e. The number of hydrogen-bond acceptors (Lipinski definition) is 3. The van der Waals surface area contributed by atoms with Crippen LogP contribution < -0.4 is 0 Å². The average Bonchev–Trinajstić information content (AvgIpc) is 3.13. The third-order valence-corrected chi connectivity index (χ3v) is 4.44. The maximum atomic E-state index is 5.94. The minimum Gasteiger partial charge on any atom is -0.374 e. The molecule has 112 valence electrons. The summed E-state index contributed by atoms with van der Waals surface area (Å²) >= 11 is 0. The fourth-order valence-electron chi connectivity index (χ4n) is 3.09. The molecule has 4 heteroatoms. The maximum absolute atomic E-state index is 5.94. The highest BCUT2D eigenvalue weighted by molar-refractivity contribution is 5.06. The van der Waals surface area contributed by atoms with Crippen LogP contribution in [0.2, 0.25) is 0 Å². The molecule has 0 spiro atoms. The second-order valence-electron chi connectivity index (χ2n) is 6.50. The first-order valence-corrected chi connectivity index (χ1v) is 7.83. The molecule has 1 atom stereocenters. The van der Waals surface area contributed by atoms with E-state index in [0.717, 1.165) is 38.7 Å². The van der Waals surface area contributed by atoms with Crippen molar-refractivity contribution in [2.24, 2.45) is 13.0 Å². The van der Waals surface area contributed by atoms with E-state index in [1.54, 1.807) is 0 Å². The molecule has 0 N–H and O–H groups in total. The molecule has 1 aromatic heterocycles. The van der Waals surface area contributed by atoms with E-state index in [9.17, 15) is 0 Å². The Balaban J connectivity index is 1.47. The molecule has 2 fully saturated rings. The molecule has 1 saturated heterocycles. The molecule has 0 bridgehead atoms. The lowest BCUT2D eigenvalue weighted by Crippen LogP contribution is -2.47. The van der Waals surface area contributed by atoms with Crippen LogP contribution in [0.4, 0.5) is 0 Å². The summed E-state index contributed by atoms with van der Waals surface area (Å²) in [6.45, 7) is 6.33. The van der Waals surface area contributed by atoms with E-state index in [4.69, 9.17) is 4.74 Å². The number of aryl methyl sites for hydroxylation is 1. The number of rotatable bonds is 6. The first kappa shape index (κ1) is 14.1. The second kappa shape index (κ2) is 6.29. The first-order valence-electron chi connectivity index (χ1n) is 7.83. The van der Waals surface area contributed by atoms with Gasteiger partial charge in [0.25, 0.3) is 0 Å². The maximum Gasteiger partial charge on any atom is 0.0829 e. The summed E-state index contributed by atoms with van der Waals surface area (Å²) in [5.41, 5.74) is 1.39. The van der Waals surface area contributed by atoms with Gasteiger partial charge in [-0.05, 0) is 37.9 Å². The number of likely N-dealkylation sites (N-methyl/N-ethyl adjacent to an activating group) is 1. The molecular weight excluding hydrogens is 250 g/mol. The molecule has 0 radical (unpaired) electrons. The normalized spacial score (nSPS) is 24.4. The standard InChI is InChI=1S/C16H27N3O/c1-17(10-14-5-6-14)12-16-13-19(8-9-20-16)11-15-4-3-7-18(15)2/h3-4,7,14,16H,5-6,8-13H2,1-2H3. The molecule has 2 aliphatic rings. The van der Waals surface area contributed by atoms with Gasteiger partial charge in [0.05, 0.1) is 12.7 Å². The summed E-state index contributed by atoms with van der Waals surface area (Å²) in [5, 5.41) is 0. The molecule has 20 heavy (non-hydrogen) atoms. The molecule has 3 rings (SSSR count). The lowest BCUT2D eigenvalue weighted by atomic mass is 10.2. The molecular formula is C16H27N3O. The molecule has 0 amide bonds. The number of ether oxygens (including phenoxy) is 1. The van der Waals surface area contributed by atoms with Crippen molar-refractivity contribution in [1.29, 1.82) is 0 Å². The van der Waals surface area contributed by atoms with Crippen LogP contribution in [0, 0.1) is 5.92 Å². The molecule has 4 nitrogen and oxygen atoms in total. The average molecular weight is 277 g/mol. The van der Waals surface area contributed by atoms with Crippen molar-refractivity contribution < 1.29 is 4.74 Å². The van der Waals surface area contributed by atoms with Gasteiger partial charge in [-0.25, -0.2) is 0 Å². The van der Waals surface area contributed by atoms with Crippen LogP contribution in [-0.4, -0.2) is 60.3 Å². The monoisotopic (exact) mass is 277 g/mol. The number of morpholine rings is 1. The van der Waals surface area contributed by atoms with Gasteiger partial charge in [-0.1, -0.05) is 0 Å². The van der Waals surface area contributed by atoms with Crippen LogP contribution in [0.15, 0.2) is 18.3 Å². The van der Waals surface area contributed by atoms with E-state index in [2.05, 4.69) is 46.8 Å². The zero-order valence-electron chi connectivity index (χ0n) is 12.8. The minimum atomic E-state index is 0.368. The van der Waals surface area contributed by atoms with Gasteiger partial charge in [0, 0.05) is 51.7 Å². The van der Waals surface area contributed by atoms with Crippen molar-refractivity contribution in [3.63, 3.8) is 0 Å². The van der Waals surface area contributed by atoms with Crippen molar-refractivity contribution >= 4 is 0 Å². The first-order chi connectivity index (χ1) is 9.70. The summed E-state index contributed by atoms with van der Waals surface area (Å²) in [4.78, 5) is 4.98. The van der Waals surface area contributed by atoms with Crippen molar-refractivity contribution in [1.82, 2.24) is 14.4 Å². The topological polar surface area (TPSA) is 20.6 Å². The Morgan fingerprint density at radius 1 is 1.35 bits per heavy atom. The van der Waals surface area contributed by atoms with Gasteiger partial charge in [0.2, 0.25) is 0 Å². The van der Waals surface area contributed by atoms with E-state index in [-0.39, 0.29) is 0 Å². The van der Waals surface area contributed by atoms with Gasteiger partial charge in [0.15, 0.2) is 0 Å². The molecule has 1 unspecified atom stereocenters. The Morgan fingerprint density at radius 2 is 2.20 bits per heavy atom. The number of aromatic nitrogens is 1. The van der Waals surface area contributed by atoms with Crippen molar-refractivity contribution in [3.8, 4) is 0 Å². The lowest BCUT2D eigenvalue weighted by Gasteiger charge is -2.35. The predicted molar refractivity (Wildman–Crippen MR) is 80.7 cm³/mol. The van der Waals surface area contributed by atoms with Gasteiger partial charge < -0.3 is 14.2 Å². The van der Waals surface area contributed by atoms with Crippen LogP contribution in [0.3, 0.4) is 0 Å². The summed E-state index contributed by atoms with van der Waals surface area (Å²) in [6, 6.07) is 4.33. The van der Waals surface area contributed by atoms with Crippen molar-refractivity contribution in [3.05, 3.63) is 24.0 Å². The van der Waals surface area contributed by atoms with Gasteiger partial charge >= 0.3 is 0 Å². The lowest BCUT2D eigenvalue weighted by molar-refractivity contribution is -0.0439. The zero-order valence-corrected chi connectivity index (χ0v) is 12.8. The third-order valence-electron chi connectivity index (χ3n) is 4.44. The van der Waals surface area contributed by atoms with Gasteiger partial charge in [0.1, 0.15) is 0 Å². The van der Waals surface area contributed by atoms with E-state index < -0.39 is 0 Å². The molecule has 1 aliphatic carbocycles. The summed E-state index contributed by atoms with van der Waals surface area (Å²) < 4.78 is 8.15. The van der Waals surface area contributed by atoms with E-state index in [0.29, 0.717) is 6.10 Å². The van der Waals surface area contributed by atoms with Gasteiger partial charge in [-0.15, -0.1) is 0 Å². The Hall–Kier alpha value is -0.840. The number of nitrogens with zero attached hydrogens (tertiary/aromatic N) is 3. The number of hydrogen-bond donors (Lipinski definition) is 0. The summed E-state index contributed by atoms with van der Waals surface area (Å²) in [6.07, 6.45) is 5.34. The highest BCUT2D eigenvalue weighted by Gasteiger charge is 2.26. The zero-order chi connectivity index (χ0) is 13.9. The van der Waals surface area contributed by atoms with Crippen LogP contribution >= 0.6 is 0 Å². The van der Waals surface area contributed by atoms with Crippen LogP contribution in [-0.2, 0) is 18.3 Å². The molecule has 0 aromatic carbocycles. The third kappa shape index (κ3) is 3.84. The Labute approximate surface area is 122 Å². The largest absolute Gasteiger partial charge is 0.374 e. The molecule has 1 aromatic rings. The highest BCUT2D eigenvalue weighted by atomic mass is 16.5. The fraction of sp³-hybridized carbons (Fsp3) is 0.750.